The maximum absolute atomic E-state index is 11.4. The van der Waals surface area contributed by atoms with Crippen molar-refractivity contribution >= 4 is 5.78 Å². The molecule has 2 heteroatoms. The topological polar surface area (TPSA) is 20.3 Å². The van der Waals surface area contributed by atoms with E-state index in [0.29, 0.717) is 24.3 Å². The molecule has 0 N–H and O–H groups in total. The maximum Gasteiger partial charge on any atom is 0.150 e. The molecular weight excluding hydrogens is 138 g/mol. The summed E-state index contributed by atoms with van der Waals surface area (Å²) in [5.41, 5.74) is 0.254. The summed E-state index contributed by atoms with van der Waals surface area (Å²) >= 11 is 0. The molecule has 0 aromatic rings. The Kier molecular flexibility index (Phi) is 1.23. The van der Waals surface area contributed by atoms with Gasteiger partial charge in [-0.05, 0) is 18.9 Å². The van der Waals surface area contributed by atoms with Crippen LogP contribution in [0, 0.1) is 11.3 Å². The van der Waals surface area contributed by atoms with E-state index in [0.717, 1.165) is 6.42 Å². The van der Waals surface area contributed by atoms with Gasteiger partial charge in [0.1, 0.15) is 0 Å². The number of nitrogens with zero attached hydrogens (tertiary/aromatic N) is 1. The zero-order chi connectivity index (χ0) is 8.22. The summed E-state index contributed by atoms with van der Waals surface area (Å²) in [5.74, 6) is 0.809. The molecule has 2 heterocycles. The van der Waals surface area contributed by atoms with E-state index in [1.165, 1.54) is 0 Å². The second-order valence-electron chi connectivity index (χ2n) is 4.51. The minimum absolute atomic E-state index is 0.254. The van der Waals surface area contributed by atoms with Crippen molar-refractivity contribution in [1.82, 2.24) is 4.90 Å². The molecule has 3 fully saturated rings. The Hall–Kier alpha value is -0.370. The molecule has 3 aliphatic rings. The quantitative estimate of drug-likeness (QED) is 0.515. The highest BCUT2D eigenvalue weighted by Gasteiger charge is 2.56. The molecule has 2 atom stereocenters. The van der Waals surface area contributed by atoms with Gasteiger partial charge in [0.25, 0.3) is 0 Å². The highest BCUT2D eigenvalue weighted by molar-refractivity contribution is 5.86. The van der Waals surface area contributed by atoms with Crippen molar-refractivity contribution in [2.24, 2.45) is 11.3 Å². The number of carbonyl (C=O) groups is 1. The SMILES string of the molecule is CN1CC(=O)C2CC1C2(C)C. The fraction of sp³-hybridized carbons (Fsp3) is 0.889. The summed E-state index contributed by atoms with van der Waals surface area (Å²) in [6.45, 7) is 5.09. The maximum atomic E-state index is 11.4. The number of rotatable bonds is 0. The minimum Gasteiger partial charge on any atom is -0.298 e. The van der Waals surface area contributed by atoms with Crippen LogP contribution >= 0.6 is 0 Å². The number of piperidine rings is 2. The second-order valence-corrected chi connectivity index (χ2v) is 4.51. The molecule has 0 aromatic heterocycles. The van der Waals surface area contributed by atoms with Gasteiger partial charge < -0.3 is 0 Å². The van der Waals surface area contributed by atoms with Gasteiger partial charge in [-0.25, -0.2) is 0 Å². The summed E-state index contributed by atoms with van der Waals surface area (Å²) in [4.78, 5) is 13.6. The fourth-order valence-corrected chi connectivity index (χ4v) is 2.66. The van der Waals surface area contributed by atoms with E-state index >= 15 is 0 Å². The van der Waals surface area contributed by atoms with Gasteiger partial charge in [0.2, 0.25) is 0 Å². The lowest BCUT2D eigenvalue weighted by Crippen LogP contribution is -2.66. The van der Waals surface area contributed by atoms with E-state index in [1.807, 2.05) is 0 Å². The van der Waals surface area contributed by atoms with Crippen molar-refractivity contribution in [3.8, 4) is 0 Å². The molecule has 2 aliphatic heterocycles. The average molecular weight is 153 g/mol. The summed E-state index contributed by atoms with van der Waals surface area (Å²) < 4.78 is 0. The Morgan fingerprint density at radius 1 is 1.55 bits per heavy atom. The van der Waals surface area contributed by atoms with Crippen LogP contribution in [0.15, 0.2) is 0 Å². The van der Waals surface area contributed by atoms with Crippen LogP contribution in [-0.4, -0.2) is 30.3 Å². The monoisotopic (exact) mass is 153 g/mol. The van der Waals surface area contributed by atoms with Crippen molar-refractivity contribution in [3.63, 3.8) is 0 Å². The first-order valence-electron chi connectivity index (χ1n) is 4.26. The molecule has 0 radical (unpaired) electrons. The smallest absolute Gasteiger partial charge is 0.150 e. The zero-order valence-electron chi connectivity index (χ0n) is 7.42. The molecule has 2 nitrogen and oxygen atoms in total. The third-order valence-corrected chi connectivity index (χ3v) is 3.54. The van der Waals surface area contributed by atoms with Crippen LogP contribution in [0.3, 0.4) is 0 Å². The highest BCUT2D eigenvalue weighted by atomic mass is 16.1. The molecule has 3 rings (SSSR count). The Balaban J connectivity index is 2.26. The van der Waals surface area contributed by atoms with Crippen molar-refractivity contribution in [3.05, 3.63) is 0 Å². The first kappa shape index (κ1) is 7.29. The highest BCUT2D eigenvalue weighted by Crippen LogP contribution is 2.51. The number of ketones is 1. The Morgan fingerprint density at radius 2 is 2.18 bits per heavy atom. The predicted molar refractivity (Wildman–Crippen MR) is 43.3 cm³/mol. The summed E-state index contributed by atoms with van der Waals surface area (Å²) in [6, 6.07) is 0.658. The number of Topliss-reactive ketones (excluding diaryl/α,β-unsaturated/α-hetero) is 1. The molecule has 0 amide bonds. The number of carbonyl (C=O) groups excluding carboxylic acids is 1. The van der Waals surface area contributed by atoms with E-state index in [2.05, 4.69) is 25.8 Å². The van der Waals surface area contributed by atoms with Crippen LogP contribution in [0.2, 0.25) is 0 Å². The number of hydrogen-bond acceptors (Lipinski definition) is 2. The molecule has 2 bridgehead atoms. The van der Waals surface area contributed by atoms with E-state index in [4.69, 9.17) is 0 Å². The number of fused-ring (bicyclic) bond motifs is 2. The normalized spacial score (nSPS) is 41.9. The van der Waals surface area contributed by atoms with Crippen molar-refractivity contribution in [2.45, 2.75) is 26.3 Å². The van der Waals surface area contributed by atoms with Crippen LogP contribution in [0.5, 0.6) is 0 Å². The Bertz CT molecular complexity index is 210. The van der Waals surface area contributed by atoms with Crippen molar-refractivity contribution < 1.29 is 4.79 Å². The first-order chi connectivity index (χ1) is 5.03. The van der Waals surface area contributed by atoms with Gasteiger partial charge in [0.15, 0.2) is 5.78 Å². The number of hydrogen-bond donors (Lipinski definition) is 0. The first-order valence-corrected chi connectivity index (χ1v) is 4.26. The Morgan fingerprint density at radius 3 is 2.55 bits per heavy atom. The average Bonchev–Trinajstić information content (AvgIpc) is 1.84. The van der Waals surface area contributed by atoms with Crippen LogP contribution < -0.4 is 0 Å². The van der Waals surface area contributed by atoms with Crippen LogP contribution in [0.1, 0.15) is 20.3 Å². The van der Waals surface area contributed by atoms with Gasteiger partial charge in [-0.1, -0.05) is 13.8 Å². The van der Waals surface area contributed by atoms with Gasteiger partial charge in [0, 0.05) is 12.0 Å². The van der Waals surface area contributed by atoms with Crippen molar-refractivity contribution in [2.75, 3.05) is 13.6 Å². The van der Waals surface area contributed by atoms with Gasteiger partial charge in [0.05, 0.1) is 6.54 Å². The molecule has 62 valence electrons. The molecule has 1 saturated carbocycles. The zero-order valence-corrected chi connectivity index (χ0v) is 7.42. The molecule has 0 spiro atoms. The summed E-state index contributed by atoms with van der Waals surface area (Å²) in [7, 11) is 2.06. The summed E-state index contributed by atoms with van der Waals surface area (Å²) in [6.07, 6.45) is 1.10. The van der Waals surface area contributed by atoms with Crippen LogP contribution in [0.4, 0.5) is 0 Å². The van der Waals surface area contributed by atoms with Crippen molar-refractivity contribution in [1.29, 1.82) is 0 Å². The number of likely N-dealkylation sites (N-methyl/N-ethyl adjacent to an activating group) is 1. The summed E-state index contributed by atoms with van der Waals surface area (Å²) in [5, 5.41) is 0. The molecule has 2 saturated heterocycles. The van der Waals surface area contributed by atoms with Gasteiger partial charge in [-0.3, -0.25) is 9.69 Å². The molecule has 0 aromatic carbocycles. The third kappa shape index (κ3) is 0.734. The minimum atomic E-state index is 0.254. The predicted octanol–water partition coefficient (Wildman–Crippen LogP) is 0.916. The third-order valence-electron chi connectivity index (χ3n) is 3.54. The molecular formula is C9H15NO. The molecule has 11 heavy (non-hydrogen) atoms. The van der Waals surface area contributed by atoms with E-state index in [9.17, 15) is 4.79 Å². The Labute approximate surface area is 67.6 Å². The van der Waals surface area contributed by atoms with E-state index < -0.39 is 0 Å². The molecule has 2 unspecified atom stereocenters. The second kappa shape index (κ2) is 1.86. The van der Waals surface area contributed by atoms with Crippen LogP contribution in [0.25, 0.3) is 0 Å². The van der Waals surface area contributed by atoms with Gasteiger partial charge in [-0.15, -0.1) is 0 Å². The van der Waals surface area contributed by atoms with Crippen LogP contribution in [-0.2, 0) is 4.79 Å². The standard InChI is InChI=1S/C9H15NO/c1-9(2)6-4-8(9)10(3)5-7(6)11/h6,8H,4-5H2,1-3H3. The lowest BCUT2D eigenvalue weighted by atomic mass is 9.54. The largest absolute Gasteiger partial charge is 0.298 e. The van der Waals surface area contributed by atoms with Gasteiger partial charge >= 0.3 is 0 Å². The fourth-order valence-electron chi connectivity index (χ4n) is 2.66. The lowest BCUT2D eigenvalue weighted by molar-refractivity contribution is -0.156. The van der Waals surface area contributed by atoms with Gasteiger partial charge in [-0.2, -0.15) is 0 Å². The van der Waals surface area contributed by atoms with E-state index in [1.54, 1.807) is 0 Å². The van der Waals surface area contributed by atoms with E-state index in [-0.39, 0.29) is 5.41 Å². The lowest BCUT2D eigenvalue weighted by Gasteiger charge is -2.59. The molecule has 1 aliphatic carbocycles.